The summed E-state index contributed by atoms with van der Waals surface area (Å²) in [6.07, 6.45) is 0.812. The molecule has 18 amide bonds. The number of carbonyl (C=O) groups is 19. The highest BCUT2D eigenvalue weighted by molar-refractivity contribution is 7.80. The standard InChI is InChI=1S/C90H131N21O23S2/c1-12-47(8)74(109-73(118)40-96-78(121)61(31-45(4)5)103-83(126)66(41-112)106-79(122)60(27-28-70(92)115)102-85(128)68(43-136)107-77(120)57(91)30-44(2)3)87(130)110-75(50(11)113)88(131)105-65(33-51-23-25-54(114)26-24-51)89(132)111-29-17-22-69(111)86(129)97-39-72(117)100-63(34-52-36-93-58-20-15-13-18-55(52)58)81(124)104-62(32-46(6)7)80(123)98-48(9)76(119)95-38-71(116)101-64(35-53-37-94-59-21-16-14-19-56(53)59)82(125)108-67(42-135)84(127)99-49(10)90(133)134/h13-16,18-21,23-26,36-37,44-50,57,60-69,74-75,93-94,112-114,135-136H,12,17,22,27-35,38-43,91H2,1-11H3,(H2,92,115)(H,95,119)(H,96,121)(H,97,129)(H,98,123)(H,99,127)(H,100,117)(H,101,116)(H,102,128)(H,103,126)(H,104,124)(H,105,131)(H,106,122)(H,107,120)(H,108,125)(H,109,118)(H,110,130)(H,133,134)/t47-,48-,49-,50+,57-,60-,61-,62-,63-,64-,65-,66-,67-,68-,69-,74-,75-/m0/s1. The number of nitrogens with one attached hydrogen (secondary N) is 18. The zero-order chi connectivity index (χ0) is 101. The van der Waals surface area contributed by atoms with Gasteiger partial charge in [-0.1, -0.05) is 110 Å². The van der Waals surface area contributed by atoms with Crippen LogP contribution in [-0.4, -0.2) is 289 Å². The average molecular weight is 1940 g/mol. The van der Waals surface area contributed by atoms with E-state index < -0.39 is 254 Å². The summed E-state index contributed by atoms with van der Waals surface area (Å²) in [5.74, 6) is -19.7. The molecule has 1 fully saturated rings. The number of aromatic amines is 2. The molecule has 1 saturated heterocycles. The molecule has 1 aliphatic rings. The number of carboxylic acids is 1. The molecule has 2 aromatic heterocycles. The number of aliphatic carboxylic acids is 1. The molecular formula is C90H131N21O23S2. The van der Waals surface area contributed by atoms with Crippen molar-refractivity contribution in [3.8, 4) is 5.75 Å². The lowest BCUT2D eigenvalue weighted by molar-refractivity contribution is -0.142. The molecule has 6 rings (SSSR count). The maximum atomic E-state index is 15.0. The van der Waals surface area contributed by atoms with Crippen molar-refractivity contribution < 1.29 is 112 Å². The van der Waals surface area contributed by atoms with Gasteiger partial charge < -0.3 is 132 Å². The first kappa shape index (κ1) is 112. The van der Waals surface area contributed by atoms with Crippen molar-refractivity contribution in [2.75, 3.05) is 44.3 Å². The van der Waals surface area contributed by atoms with Gasteiger partial charge in [0, 0.05) is 77.9 Å². The quantitative estimate of drug-likeness (QED) is 0.0166. The largest absolute Gasteiger partial charge is 0.508 e. The minimum atomic E-state index is -1.85. The predicted molar refractivity (Wildman–Crippen MR) is 504 cm³/mol. The van der Waals surface area contributed by atoms with Crippen LogP contribution in [0.3, 0.4) is 0 Å². The van der Waals surface area contributed by atoms with E-state index in [-0.39, 0.29) is 99.3 Å². The Morgan fingerprint density at radius 2 is 0.882 bits per heavy atom. The first-order chi connectivity index (χ1) is 64.3. The minimum absolute atomic E-state index is 0.00820. The molecule has 5 aromatic rings. The zero-order valence-corrected chi connectivity index (χ0v) is 79.7. The van der Waals surface area contributed by atoms with Gasteiger partial charge in [0.05, 0.1) is 38.4 Å². The van der Waals surface area contributed by atoms with Gasteiger partial charge in [-0.3, -0.25) is 91.1 Å². The first-order valence-corrected chi connectivity index (χ1v) is 46.2. The van der Waals surface area contributed by atoms with Gasteiger partial charge in [-0.05, 0) is 124 Å². The Balaban J connectivity index is 1.11. The monoisotopic (exact) mass is 1940 g/mol. The number of hydrogen-bond acceptors (Lipinski definition) is 25. The van der Waals surface area contributed by atoms with Crippen molar-refractivity contribution in [2.45, 2.75) is 244 Å². The number of rotatable bonds is 55. The molecule has 746 valence electrons. The van der Waals surface area contributed by atoms with E-state index in [4.69, 9.17) is 11.5 Å². The molecule has 17 atom stereocenters. The molecule has 3 aromatic carbocycles. The van der Waals surface area contributed by atoms with Crippen LogP contribution in [0.4, 0.5) is 0 Å². The van der Waals surface area contributed by atoms with Crippen molar-refractivity contribution in [1.82, 2.24) is 99.9 Å². The van der Waals surface area contributed by atoms with Crippen LogP contribution in [0, 0.1) is 23.7 Å². The third-order valence-electron chi connectivity index (χ3n) is 22.5. The summed E-state index contributed by atoms with van der Waals surface area (Å²) in [6, 6.07) is -1.73. The Kier molecular flexibility index (Phi) is 44.8. The van der Waals surface area contributed by atoms with Crippen LogP contribution in [0.1, 0.15) is 144 Å². The number of aromatic hydroxyl groups is 1. The van der Waals surface area contributed by atoms with E-state index in [9.17, 15) is 107 Å². The lowest BCUT2D eigenvalue weighted by atomic mass is 9.97. The van der Waals surface area contributed by atoms with Gasteiger partial charge in [0.1, 0.15) is 90.3 Å². The van der Waals surface area contributed by atoms with E-state index >= 15 is 4.79 Å². The summed E-state index contributed by atoms with van der Waals surface area (Å²) in [4.78, 5) is 268. The molecule has 44 nitrogen and oxygen atoms in total. The van der Waals surface area contributed by atoms with E-state index in [1.165, 1.54) is 43.0 Å². The fourth-order valence-electron chi connectivity index (χ4n) is 14.8. The van der Waals surface area contributed by atoms with Crippen molar-refractivity contribution in [3.63, 3.8) is 0 Å². The second-order valence-corrected chi connectivity index (χ2v) is 35.7. The first-order valence-electron chi connectivity index (χ1n) is 45.0. The van der Waals surface area contributed by atoms with Gasteiger partial charge in [0.25, 0.3) is 0 Å². The number of thiol groups is 2. The van der Waals surface area contributed by atoms with Crippen LogP contribution in [-0.2, 0) is 110 Å². The van der Waals surface area contributed by atoms with E-state index in [1.807, 2.05) is 13.8 Å². The Morgan fingerprint density at radius 3 is 1.38 bits per heavy atom. The molecule has 46 heteroatoms. The van der Waals surface area contributed by atoms with Crippen LogP contribution >= 0.6 is 25.3 Å². The number of phenolic OH excluding ortho intramolecular Hbond substituents is 1. The topological polar surface area (TPSA) is 685 Å². The summed E-state index contributed by atoms with van der Waals surface area (Å²) in [5.41, 5.74) is 14.3. The van der Waals surface area contributed by atoms with E-state index in [2.05, 4.69) is 120 Å². The number of para-hydroxylation sites is 2. The number of nitrogens with zero attached hydrogens (tertiary/aromatic N) is 1. The zero-order valence-electron chi connectivity index (χ0n) is 77.9. The third kappa shape index (κ3) is 35.1. The molecule has 1 aliphatic heterocycles. The third-order valence-corrected chi connectivity index (χ3v) is 23.2. The molecule has 0 aliphatic carbocycles. The second-order valence-electron chi connectivity index (χ2n) is 35.0. The molecular weight excluding hydrogens is 1810 g/mol. The number of hydrogen-bond donors (Lipinski definition) is 26. The summed E-state index contributed by atoms with van der Waals surface area (Å²) < 4.78 is 0. The molecule has 0 bridgehead atoms. The Bertz CT molecular complexity index is 5030. The number of primary amides is 1. The summed E-state index contributed by atoms with van der Waals surface area (Å²) in [7, 11) is 0. The van der Waals surface area contributed by atoms with Crippen molar-refractivity contribution >= 4 is 159 Å². The number of H-pyrrole nitrogens is 2. The molecule has 0 radical (unpaired) electrons. The van der Waals surface area contributed by atoms with Crippen molar-refractivity contribution in [1.29, 1.82) is 0 Å². The van der Waals surface area contributed by atoms with E-state index in [0.29, 0.717) is 38.5 Å². The van der Waals surface area contributed by atoms with Gasteiger partial charge in [-0.25, -0.2) is 0 Å². The number of benzene rings is 3. The maximum Gasteiger partial charge on any atom is 0.325 e. The van der Waals surface area contributed by atoms with Gasteiger partial charge >= 0.3 is 5.97 Å². The highest BCUT2D eigenvalue weighted by atomic mass is 32.1. The predicted octanol–water partition coefficient (Wildman–Crippen LogP) is -3.84. The van der Waals surface area contributed by atoms with E-state index in [1.54, 1.807) is 102 Å². The number of aliphatic hydroxyl groups is 2. The summed E-state index contributed by atoms with van der Waals surface area (Å²) in [6.45, 7) is 14.1. The number of carboxylic acid groups (broad SMARTS) is 1. The SMILES string of the molecule is CC[C@H](C)[C@H](NC(=O)CNC(=O)[C@H](CC(C)C)NC(=O)[C@H](CO)NC(=O)[C@H](CCC(N)=O)NC(=O)[C@H](CS)NC(=O)[C@@H](N)CC(C)C)C(=O)N[C@H](C(=O)N[C@@H](Cc1ccc(O)cc1)C(=O)N1CCC[C@H]1C(=O)NCC(=O)N[C@@H](Cc1c[nH]c2ccccc12)C(=O)N[C@@H](CC(C)C)C(=O)N[C@@H](C)C(=O)NCC(=O)N[C@@H](Cc1c[nH]c2ccccc12)C(=O)N[C@@H](CS)C(=O)N[C@@H](C)C(=O)O)[C@@H](C)O. The molecule has 3 heterocycles. The summed E-state index contributed by atoms with van der Waals surface area (Å²) >= 11 is 8.33. The Hall–Kier alpha value is -13.0. The number of phenols is 1. The minimum Gasteiger partial charge on any atom is -0.508 e. The van der Waals surface area contributed by atoms with Crippen LogP contribution in [0.5, 0.6) is 5.75 Å². The maximum absolute atomic E-state index is 15.0. The number of aromatic nitrogens is 2. The molecule has 0 spiro atoms. The highest BCUT2D eigenvalue weighted by Crippen LogP contribution is 2.25. The van der Waals surface area contributed by atoms with Crippen molar-refractivity contribution in [2.24, 2.45) is 35.1 Å². The van der Waals surface area contributed by atoms with Crippen molar-refractivity contribution in [3.05, 3.63) is 102 Å². The number of amides is 18. The van der Waals surface area contributed by atoms with Crippen LogP contribution in [0.2, 0.25) is 0 Å². The van der Waals surface area contributed by atoms with E-state index in [0.717, 1.165) is 6.92 Å². The van der Waals surface area contributed by atoms with Gasteiger partial charge in [0.15, 0.2) is 0 Å². The second kappa shape index (κ2) is 54.6. The number of carbonyl (C=O) groups excluding carboxylic acids is 18. The number of nitrogens with two attached hydrogens (primary N) is 2. The lowest BCUT2D eigenvalue weighted by Gasteiger charge is -2.31. The Labute approximate surface area is 797 Å². The van der Waals surface area contributed by atoms with Crippen LogP contribution in [0.25, 0.3) is 21.8 Å². The smallest absolute Gasteiger partial charge is 0.325 e. The molecule has 26 N–H and O–H groups in total. The fourth-order valence-corrected chi connectivity index (χ4v) is 15.3. The Morgan fingerprint density at radius 1 is 0.456 bits per heavy atom. The number of aliphatic hydroxyl groups excluding tert-OH is 2. The molecule has 0 unspecified atom stereocenters. The lowest BCUT2D eigenvalue weighted by Crippen LogP contribution is -2.62. The highest BCUT2D eigenvalue weighted by Gasteiger charge is 2.42. The van der Waals surface area contributed by atoms with Crippen LogP contribution < -0.4 is 96.5 Å². The van der Waals surface area contributed by atoms with Gasteiger partial charge in [0.2, 0.25) is 106 Å². The number of likely N-dealkylation sites (tertiary alicyclic amines) is 1. The number of fused-ring (bicyclic) bond motifs is 2. The average Bonchev–Trinajstić information content (AvgIpc) is 1.80. The summed E-state index contributed by atoms with van der Waals surface area (Å²) in [5, 5.41) is 82.5. The molecule has 0 saturated carbocycles. The van der Waals surface area contributed by atoms with Gasteiger partial charge in [-0.15, -0.1) is 0 Å². The fraction of sp³-hybridized carbons (Fsp3) is 0.544. The van der Waals surface area contributed by atoms with Crippen LogP contribution in [0.15, 0.2) is 85.2 Å². The van der Waals surface area contributed by atoms with Gasteiger partial charge in [-0.2, -0.15) is 25.3 Å². The molecule has 136 heavy (non-hydrogen) atoms. The normalized spacial score (nSPS) is 16.0.